The number of hydrogen-bond donors (Lipinski definition) is 2. The molecular weight excluding hydrogens is 347 g/mol. The van der Waals surface area contributed by atoms with Gasteiger partial charge in [-0.3, -0.25) is 9.59 Å². The van der Waals surface area contributed by atoms with Crippen molar-refractivity contribution < 1.29 is 27.9 Å². The van der Waals surface area contributed by atoms with E-state index in [0.29, 0.717) is 25.7 Å². The van der Waals surface area contributed by atoms with Gasteiger partial charge in [0.25, 0.3) is 0 Å². The van der Waals surface area contributed by atoms with Gasteiger partial charge in [-0.05, 0) is 49.4 Å². The first-order valence-corrected chi connectivity index (χ1v) is 7.92. The van der Waals surface area contributed by atoms with Crippen molar-refractivity contribution in [2.45, 2.75) is 43.3 Å². The summed E-state index contributed by atoms with van der Waals surface area (Å²) in [5.74, 6) is -1.75. The van der Waals surface area contributed by atoms with Crippen molar-refractivity contribution in [3.8, 4) is 0 Å². The minimum Gasteiger partial charge on any atom is -0.481 e. The molecule has 4 nitrogen and oxygen atoms in total. The van der Waals surface area contributed by atoms with Crippen LogP contribution >= 0.6 is 11.6 Å². The summed E-state index contributed by atoms with van der Waals surface area (Å²) in [7, 11) is 0. The molecule has 0 heterocycles. The second kappa shape index (κ2) is 5.65. The van der Waals surface area contributed by atoms with Crippen molar-refractivity contribution in [3.05, 3.63) is 34.3 Å². The summed E-state index contributed by atoms with van der Waals surface area (Å²) in [6.45, 7) is 0. The Morgan fingerprint density at radius 3 is 2.38 bits per heavy atom. The van der Waals surface area contributed by atoms with Crippen molar-refractivity contribution in [1.82, 2.24) is 5.32 Å². The number of benzene rings is 1. The van der Waals surface area contributed by atoms with Crippen LogP contribution in [0.15, 0.2) is 18.2 Å². The number of carbonyl (C=O) groups excluding carboxylic acids is 1. The van der Waals surface area contributed by atoms with Crippen LogP contribution in [0.25, 0.3) is 0 Å². The Kier molecular flexibility index (Phi) is 4.02. The standard InChI is InChI=1S/C16H15ClF3NO3/c17-12-2-1-9(16(18,19)20)7-11(12)15(3-4-15)14(24)21-10-5-8(6-10)13(22)23/h1-2,7-8,10H,3-6H2,(H,21,24)(H,22,23). The highest BCUT2D eigenvalue weighted by Crippen LogP contribution is 2.52. The molecule has 0 atom stereocenters. The Morgan fingerprint density at radius 1 is 1.25 bits per heavy atom. The normalized spacial score (nSPS) is 24.8. The van der Waals surface area contributed by atoms with Crippen LogP contribution in [0.3, 0.4) is 0 Å². The molecule has 3 rings (SSSR count). The van der Waals surface area contributed by atoms with Crippen LogP contribution in [0.4, 0.5) is 13.2 Å². The first-order chi connectivity index (χ1) is 11.1. The van der Waals surface area contributed by atoms with Gasteiger partial charge in [0, 0.05) is 11.1 Å². The molecule has 130 valence electrons. The molecule has 2 saturated carbocycles. The van der Waals surface area contributed by atoms with Gasteiger partial charge >= 0.3 is 12.1 Å². The SMILES string of the molecule is O=C(O)C1CC(NC(=O)C2(c3cc(C(F)(F)F)ccc3Cl)CC2)C1. The minimum atomic E-state index is -4.51. The molecule has 0 bridgehead atoms. The number of carboxylic acids is 1. The van der Waals surface area contributed by atoms with E-state index in [1.54, 1.807) is 0 Å². The third-order valence-electron chi connectivity index (χ3n) is 4.82. The zero-order valence-electron chi connectivity index (χ0n) is 12.5. The van der Waals surface area contributed by atoms with Crippen LogP contribution in [0.1, 0.15) is 36.8 Å². The maximum Gasteiger partial charge on any atom is 0.416 e. The predicted molar refractivity (Wildman–Crippen MR) is 79.7 cm³/mol. The monoisotopic (exact) mass is 361 g/mol. The summed E-state index contributed by atoms with van der Waals surface area (Å²) < 4.78 is 38.7. The quantitative estimate of drug-likeness (QED) is 0.864. The van der Waals surface area contributed by atoms with Gasteiger partial charge in [0.1, 0.15) is 0 Å². The van der Waals surface area contributed by atoms with Gasteiger partial charge in [-0.15, -0.1) is 0 Å². The fraction of sp³-hybridized carbons (Fsp3) is 0.500. The molecule has 2 aliphatic rings. The Morgan fingerprint density at radius 2 is 1.88 bits per heavy atom. The summed E-state index contributed by atoms with van der Waals surface area (Å²) in [4.78, 5) is 23.3. The van der Waals surface area contributed by atoms with Crippen LogP contribution < -0.4 is 5.32 Å². The molecule has 0 aliphatic heterocycles. The molecular formula is C16H15ClF3NO3. The van der Waals surface area contributed by atoms with Crippen molar-refractivity contribution in [2.24, 2.45) is 5.92 Å². The molecule has 8 heteroatoms. The lowest BCUT2D eigenvalue weighted by atomic mass is 9.80. The van der Waals surface area contributed by atoms with Crippen LogP contribution in [-0.4, -0.2) is 23.0 Å². The number of rotatable bonds is 4. The lowest BCUT2D eigenvalue weighted by Crippen LogP contribution is -2.49. The van der Waals surface area contributed by atoms with E-state index in [2.05, 4.69) is 5.32 Å². The molecule has 0 aromatic heterocycles. The van der Waals surface area contributed by atoms with Crippen LogP contribution in [0.2, 0.25) is 5.02 Å². The van der Waals surface area contributed by atoms with Crippen molar-refractivity contribution >= 4 is 23.5 Å². The van der Waals surface area contributed by atoms with Gasteiger partial charge in [0.05, 0.1) is 16.9 Å². The van der Waals surface area contributed by atoms with Gasteiger partial charge in [-0.1, -0.05) is 11.6 Å². The maximum absolute atomic E-state index is 12.9. The van der Waals surface area contributed by atoms with E-state index in [9.17, 15) is 22.8 Å². The Hall–Kier alpha value is -1.76. The largest absolute Gasteiger partial charge is 0.481 e. The number of halogens is 4. The highest BCUT2D eigenvalue weighted by atomic mass is 35.5. The lowest BCUT2D eigenvalue weighted by molar-refractivity contribution is -0.146. The molecule has 1 aromatic rings. The molecule has 24 heavy (non-hydrogen) atoms. The average molecular weight is 362 g/mol. The summed E-state index contributed by atoms with van der Waals surface area (Å²) in [6, 6.07) is 2.75. The number of nitrogens with one attached hydrogen (secondary N) is 1. The topological polar surface area (TPSA) is 66.4 Å². The predicted octanol–water partition coefficient (Wildman–Crippen LogP) is 3.37. The molecule has 2 N–H and O–H groups in total. The average Bonchev–Trinajstić information content (AvgIpc) is 3.22. The molecule has 0 spiro atoms. The summed E-state index contributed by atoms with van der Waals surface area (Å²) >= 11 is 6.04. The third kappa shape index (κ3) is 2.97. The summed E-state index contributed by atoms with van der Waals surface area (Å²) in [5.41, 5.74) is -1.69. The molecule has 1 amide bonds. The van der Waals surface area contributed by atoms with E-state index < -0.39 is 29.0 Å². The van der Waals surface area contributed by atoms with Crippen LogP contribution in [0, 0.1) is 5.92 Å². The van der Waals surface area contributed by atoms with Crippen LogP contribution in [0.5, 0.6) is 0 Å². The third-order valence-corrected chi connectivity index (χ3v) is 5.15. The molecule has 2 aliphatic carbocycles. The Labute approximate surface area is 141 Å². The summed E-state index contributed by atoms with van der Waals surface area (Å²) in [5, 5.41) is 11.7. The van der Waals surface area contributed by atoms with Gasteiger partial charge in [0.2, 0.25) is 5.91 Å². The van der Waals surface area contributed by atoms with Gasteiger partial charge < -0.3 is 10.4 Å². The van der Waals surface area contributed by atoms with Gasteiger partial charge in [-0.2, -0.15) is 13.2 Å². The van der Waals surface area contributed by atoms with Gasteiger partial charge in [-0.25, -0.2) is 0 Å². The Balaban J connectivity index is 1.77. The van der Waals surface area contributed by atoms with Crippen LogP contribution in [-0.2, 0) is 21.2 Å². The fourth-order valence-corrected chi connectivity index (χ4v) is 3.37. The minimum absolute atomic E-state index is 0.132. The van der Waals surface area contributed by atoms with Crippen molar-refractivity contribution in [3.63, 3.8) is 0 Å². The Bertz CT molecular complexity index is 694. The van der Waals surface area contributed by atoms with E-state index in [4.69, 9.17) is 16.7 Å². The summed E-state index contributed by atoms with van der Waals surface area (Å²) in [6.07, 6.45) is -2.97. The van der Waals surface area contributed by atoms with Crippen molar-refractivity contribution in [2.75, 3.05) is 0 Å². The van der Waals surface area contributed by atoms with Gasteiger partial charge in [0.15, 0.2) is 0 Å². The highest BCUT2D eigenvalue weighted by Gasteiger charge is 2.54. The number of aliphatic carboxylic acids is 1. The maximum atomic E-state index is 12.9. The molecule has 0 saturated heterocycles. The lowest BCUT2D eigenvalue weighted by Gasteiger charge is -2.34. The first-order valence-electron chi connectivity index (χ1n) is 7.54. The highest BCUT2D eigenvalue weighted by molar-refractivity contribution is 6.32. The van der Waals surface area contributed by atoms with Crippen molar-refractivity contribution in [1.29, 1.82) is 0 Å². The van der Waals surface area contributed by atoms with E-state index in [0.717, 1.165) is 18.2 Å². The zero-order valence-corrected chi connectivity index (χ0v) is 13.2. The number of amides is 1. The fourth-order valence-electron chi connectivity index (χ4n) is 3.07. The number of carbonyl (C=O) groups is 2. The number of carboxylic acid groups (broad SMARTS) is 1. The van der Waals surface area contributed by atoms with E-state index in [1.165, 1.54) is 0 Å². The van der Waals surface area contributed by atoms with E-state index in [-0.39, 0.29) is 22.5 Å². The molecule has 1 aromatic carbocycles. The smallest absolute Gasteiger partial charge is 0.416 e. The number of alkyl halides is 3. The molecule has 0 radical (unpaired) electrons. The second-order valence-electron chi connectivity index (χ2n) is 6.45. The zero-order chi connectivity index (χ0) is 17.7. The number of hydrogen-bond acceptors (Lipinski definition) is 2. The molecule has 0 unspecified atom stereocenters. The molecule has 2 fully saturated rings. The second-order valence-corrected chi connectivity index (χ2v) is 6.86. The van der Waals surface area contributed by atoms with E-state index >= 15 is 0 Å². The first kappa shape index (κ1) is 17.1. The van der Waals surface area contributed by atoms with E-state index in [1.807, 2.05) is 0 Å².